The normalized spacial score (nSPS) is 23.4. The van der Waals surface area contributed by atoms with Crippen LogP contribution in [-0.4, -0.2) is 50.9 Å². The fraction of sp³-hybridized carbons (Fsp3) is 0.500. The van der Waals surface area contributed by atoms with Crippen LogP contribution in [0.4, 0.5) is 4.39 Å². The van der Waals surface area contributed by atoms with Crippen LogP contribution in [0.2, 0.25) is 0 Å². The lowest BCUT2D eigenvalue weighted by Crippen LogP contribution is -2.55. The number of rotatable bonds is 2. The highest BCUT2D eigenvalue weighted by molar-refractivity contribution is 5.90. The minimum atomic E-state index is -0.311. The van der Waals surface area contributed by atoms with E-state index in [-0.39, 0.29) is 29.7 Å². The van der Waals surface area contributed by atoms with Crippen molar-refractivity contribution < 1.29 is 13.9 Å². The minimum absolute atomic E-state index is 0.119. The molecule has 2 heterocycles. The van der Waals surface area contributed by atoms with Crippen molar-refractivity contribution in [3.05, 3.63) is 41.7 Å². The Hall–Kier alpha value is -2.28. The van der Waals surface area contributed by atoms with E-state index in [9.17, 15) is 9.18 Å². The Labute approximate surface area is 145 Å². The van der Waals surface area contributed by atoms with Crippen LogP contribution in [0.25, 0.3) is 5.69 Å². The van der Waals surface area contributed by atoms with Gasteiger partial charge in [-0.25, -0.2) is 14.1 Å². The highest BCUT2D eigenvalue weighted by Crippen LogP contribution is 2.29. The zero-order valence-corrected chi connectivity index (χ0v) is 14.2. The molecule has 2 aromatic rings. The summed E-state index contributed by atoms with van der Waals surface area (Å²) in [5, 5.41) is 4.37. The first-order valence-corrected chi connectivity index (χ1v) is 8.75. The maximum Gasteiger partial charge on any atom is 0.293 e. The molecule has 25 heavy (non-hydrogen) atoms. The smallest absolute Gasteiger partial charge is 0.293 e. The third kappa shape index (κ3) is 3.04. The molecule has 2 atom stereocenters. The number of hydrogen-bond donors (Lipinski definition) is 0. The molecule has 0 radical (unpaired) electrons. The predicted molar refractivity (Wildman–Crippen MR) is 89.1 cm³/mol. The van der Waals surface area contributed by atoms with Crippen LogP contribution in [0, 0.1) is 12.7 Å². The van der Waals surface area contributed by atoms with Gasteiger partial charge in [-0.15, -0.1) is 5.10 Å². The molecule has 7 heteroatoms. The first kappa shape index (κ1) is 16.2. The molecule has 2 fully saturated rings. The number of carbonyl (C=O) groups is 1. The first-order chi connectivity index (χ1) is 12.1. The summed E-state index contributed by atoms with van der Waals surface area (Å²) < 4.78 is 20.5. The van der Waals surface area contributed by atoms with Gasteiger partial charge in [0.05, 0.1) is 24.4 Å². The van der Waals surface area contributed by atoms with E-state index in [1.165, 1.54) is 12.1 Å². The van der Waals surface area contributed by atoms with Crippen molar-refractivity contribution in [2.24, 2.45) is 0 Å². The Morgan fingerprint density at radius 1 is 1.24 bits per heavy atom. The standard InChI is InChI=1S/C18H21FN4O2/c1-12-20-17(21-23(12)14-8-6-13(19)7-9-14)18(24)22-10-11-25-16-5-3-2-4-15(16)22/h6-9,15-16H,2-5,10-11H2,1H3/t15-,16+/m0/s1. The van der Waals surface area contributed by atoms with Gasteiger partial charge < -0.3 is 9.64 Å². The van der Waals surface area contributed by atoms with E-state index in [0.29, 0.717) is 24.7 Å². The Balaban J connectivity index is 1.60. The fourth-order valence-corrected chi connectivity index (χ4v) is 3.78. The number of morpholine rings is 1. The monoisotopic (exact) mass is 344 g/mol. The average molecular weight is 344 g/mol. The topological polar surface area (TPSA) is 60.3 Å². The van der Waals surface area contributed by atoms with Gasteiger partial charge in [-0.1, -0.05) is 12.8 Å². The van der Waals surface area contributed by atoms with Crippen LogP contribution in [0.3, 0.4) is 0 Å². The van der Waals surface area contributed by atoms with E-state index < -0.39 is 0 Å². The summed E-state index contributed by atoms with van der Waals surface area (Å²) in [5.74, 6) is 0.329. The summed E-state index contributed by atoms with van der Waals surface area (Å²) in [7, 11) is 0. The lowest BCUT2D eigenvalue weighted by Gasteiger charge is -2.43. The SMILES string of the molecule is Cc1nc(C(=O)N2CCO[C@@H]3CCCC[C@@H]32)nn1-c1ccc(F)cc1. The minimum Gasteiger partial charge on any atom is -0.374 e. The third-order valence-corrected chi connectivity index (χ3v) is 5.02. The van der Waals surface area contributed by atoms with E-state index in [1.807, 2.05) is 4.90 Å². The van der Waals surface area contributed by atoms with Gasteiger partial charge in [0.25, 0.3) is 5.91 Å². The summed E-state index contributed by atoms with van der Waals surface area (Å²) in [6, 6.07) is 6.10. The van der Waals surface area contributed by atoms with Crippen molar-refractivity contribution in [3.8, 4) is 5.69 Å². The molecule has 1 saturated heterocycles. The second-order valence-corrected chi connectivity index (χ2v) is 6.63. The van der Waals surface area contributed by atoms with Crippen LogP contribution in [0.1, 0.15) is 42.1 Å². The summed E-state index contributed by atoms with van der Waals surface area (Å²) in [5.41, 5.74) is 0.683. The Morgan fingerprint density at radius 2 is 2.00 bits per heavy atom. The lowest BCUT2D eigenvalue weighted by atomic mass is 9.90. The number of ether oxygens (including phenoxy) is 1. The Bertz CT molecular complexity index is 772. The number of aromatic nitrogens is 3. The summed E-state index contributed by atoms with van der Waals surface area (Å²) >= 11 is 0. The molecule has 0 N–H and O–H groups in total. The molecule has 132 valence electrons. The van der Waals surface area contributed by atoms with Crippen molar-refractivity contribution in [3.63, 3.8) is 0 Å². The molecule has 1 aliphatic heterocycles. The van der Waals surface area contributed by atoms with Gasteiger partial charge >= 0.3 is 0 Å². The molecule has 1 aromatic heterocycles. The number of halogens is 1. The average Bonchev–Trinajstić information content (AvgIpc) is 3.03. The van der Waals surface area contributed by atoms with E-state index in [0.717, 1.165) is 25.7 Å². The third-order valence-electron chi connectivity index (χ3n) is 5.02. The van der Waals surface area contributed by atoms with Gasteiger partial charge in [0.15, 0.2) is 0 Å². The first-order valence-electron chi connectivity index (χ1n) is 8.75. The molecule has 0 bridgehead atoms. The van der Waals surface area contributed by atoms with Crippen LogP contribution >= 0.6 is 0 Å². The largest absolute Gasteiger partial charge is 0.374 e. The molecule has 2 aliphatic rings. The highest BCUT2D eigenvalue weighted by Gasteiger charge is 2.38. The molecule has 1 amide bonds. The maximum atomic E-state index is 13.1. The van der Waals surface area contributed by atoms with Gasteiger partial charge in [-0.3, -0.25) is 4.79 Å². The zero-order valence-electron chi connectivity index (χ0n) is 14.2. The quantitative estimate of drug-likeness (QED) is 0.840. The number of aryl methyl sites for hydroxylation is 1. The number of fused-ring (bicyclic) bond motifs is 1. The predicted octanol–water partition coefficient (Wildman–Crippen LogP) is 2.50. The lowest BCUT2D eigenvalue weighted by molar-refractivity contribution is -0.0755. The van der Waals surface area contributed by atoms with Crippen molar-refractivity contribution in [1.82, 2.24) is 19.7 Å². The van der Waals surface area contributed by atoms with Gasteiger partial charge in [0.1, 0.15) is 11.6 Å². The van der Waals surface area contributed by atoms with Crippen molar-refractivity contribution in [2.45, 2.75) is 44.8 Å². The summed E-state index contributed by atoms with van der Waals surface area (Å²) in [6.07, 6.45) is 4.37. The van der Waals surface area contributed by atoms with Gasteiger partial charge in [-0.2, -0.15) is 0 Å². The highest BCUT2D eigenvalue weighted by atomic mass is 19.1. The van der Waals surface area contributed by atoms with Crippen LogP contribution in [-0.2, 0) is 4.74 Å². The van der Waals surface area contributed by atoms with E-state index in [4.69, 9.17) is 4.74 Å². The van der Waals surface area contributed by atoms with E-state index >= 15 is 0 Å². The Morgan fingerprint density at radius 3 is 2.80 bits per heavy atom. The summed E-state index contributed by atoms with van der Waals surface area (Å²) in [6.45, 7) is 2.92. The number of amides is 1. The van der Waals surface area contributed by atoms with Crippen molar-refractivity contribution in [1.29, 1.82) is 0 Å². The fourth-order valence-electron chi connectivity index (χ4n) is 3.78. The van der Waals surface area contributed by atoms with Crippen LogP contribution < -0.4 is 0 Å². The summed E-state index contributed by atoms with van der Waals surface area (Å²) in [4.78, 5) is 19.2. The maximum absolute atomic E-state index is 13.1. The van der Waals surface area contributed by atoms with Gasteiger partial charge in [-0.05, 0) is 44.0 Å². The zero-order chi connectivity index (χ0) is 17.4. The number of nitrogens with zero attached hydrogens (tertiary/aromatic N) is 4. The van der Waals surface area contributed by atoms with Crippen LogP contribution in [0.5, 0.6) is 0 Å². The van der Waals surface area contributed by atoms with Gasteiger partial charge in [0, 0.05) is 6.54 Å². The molecule has 0 spiro atoms. The Kier molecular flexibility index (Phi) is 4.25. The second kappa shape index (κ2) is 6.55. The van der Waals surface area contributed by atoms with Crippen molar-refractivity contribution in [2.75, 3.05) is 13.2 Å². The van der Waals surface area contributed by atoms with E-state index in [2.05, 4.69) is 10.1 Å². The molecule has 0 unspecified atom stereocenters. The molecule has 1 aromatic carbocycles. The molecular formula is C18H21FN4O2. The molecule has 4 rings (SSSR count). The molecule has 6 nitrogen and oxygen atoms in total. The molecule has 1 saturated carbocycles. The number of benzene rings is 1. The van der Waals surface area contributed by atoms with Crippen LogP contribution in [0.15, 0.2) is 24.3 Å². The van der Waals surface area contributed by atoms with Gasteiger partial charge in [0.2, 0.25) is 5.82 Å². The number of carbonyl (C=O) groups excluding carboxylic acids is 1. The second-order valence-electron chi connectivity index (χ2n) is 6.63. The van der Waals surface area contributed by atoms with Crippen molar-refractivity contribution >= 4 is 5.91 Å². The molecular weight excluding hydrogens is 323 g/mol. The number of hydrogen-bond acceptors (Lipinski definition) is 4. The van der Waals surface area contributed by atoms with E-state index in [1.54, 1.807) is 23.7 Å². The molecule has 1 aliphatic carbocycles.